The average molecular weight is 360 g/mol. The van der Waals surface area contributed by atoms with E-state index in [2.05, 4.69) is 15.0 Å². The van der Waals surface area contributed by atoms with Gasteiger partial charge in [-0.1, -0.05) is 49.0 Å². The molecular formula is C16H16N4O2S2. The summed E-state index contributed by atoms with van der Waals surface area (Å²) in [5.74, 6) is 0.810. The van der Waals surface area contributed by atoms with Crippen molar-refractivity contribution in [3.8, 4) is 0 Å². The molecule has 4 N–H and O–H groups in total. The zero-order chi connectivity index (χ0) is 17.1. The number of primary amides is 1. The second-order valence-corrected chi connectivity index (χ2v) is 7.23. The Labute approximate surface area is 146 Å². The summed E-state index contributed by atoms with van der Waals surface area (Å²) in [6, 6.07) is 9.91. The van der Waals surface area contributed by atoms with Crippen LogP contribution < -0.4 is 11.3 Å². The van der Waals surface area contributed by atoms with Crippen molar-refractivity contribution in [2.24, 2.45) is 5.73 Å². The van der Waals surface area contributed by atoms with Crippen molar-refractivity contribution in [3.63, 3.8) is 0 Å². The third-order valence-corrected chi connectivity index (χ3v) is 5.19. The van der Waals surface area contributed by atoms with Gasteiger partial charge in [0.05, 0.1) is 16.0 Å². The summed E-state index contributed by atoms with van der Waals surface area (Å²) >= 11 is 2.85. The maximum absolute atomic E-state index is 12.4. The maximum Gasteiger partial charge on any atom is 0.261 e. The van der Waals surface area contributed by atoms with Crippen molar-refractivity contribution in [1.29, 1.82) is 0 Å². The van der Waals surface area contributed by atoms with Crippen molar-refractivity contribution in [2.75, 3.05) is 5.75 Å². The molecule has 0 atom stereocenters. The van der Waals surface area contributed by atoms with E-state index < -0.39 is 5.91 Å². The van der Waals surface area contributed by atoms with Crippen LogP contribution >= 0.6 is 23.5 Å². The molecule has 24 heavy (non-hydrogen) atoms. The number of nitrogens with one attached hydrogen (secondary N) is 2. The first-order valence-corrected chi connectivity index (χ1v) is 9.32. The number of aromatic nitrogens is 3. The second-order valence-electron chi connectivity index (χ2n) is 5.00. The fourth-order valence-corrected chi connectivity index (χ4v) is 3.96. The minimum atomic E-state index is -0.630. The van der Waals surface area contributed by atoms with E-state index in [1.807, 2.05) is 37.3 Å². The van der Waals surface area contributed by atoms with Crippen molar-refractivity contribution in [3.05, 3.63) is 51.8 Å². The van der Waals surface area contributed by atoms with Crippen LogP contribution in [0.2, 0.25) is 0 Å². The van der Waals surface area contributed by atoms with Gasteiger partial charge >= 0.3 is 0 Å². The molecule has 3 rings (SSSR count). The summed E-state index contributed by atoms with van der Waals surface area (Å²) in [7, 11) is 0. The van der Waals surface area contributed by atoms with Crippen LogP contribution in [-0.2, 0) is 5.75 Å². The van der Waals surface area contributed by atoms with E-state index in [4.69, 9.17) is 5.73 Å². The van der Waals surface area contributed by atoms with Crippen molar-refractivity contribution in [1.82, 2.24) is 15.0 Å². The molecule has 124 valence electrons. The highest BCUT2D eigenvalue weighted by Gasteiger charge is 2.20. The van der Waals surface area contributed by atoms with E-state index in [9.17, 15) is 9.59 Å². The van der Waals surface area contributed by atoms with Gasteiger partial charge in [0.25, 0.3) is 11.5 Å². The summed E-state index contributed by atoms with van der Waals surface area (Å²) in [6.45, 7) is 1.96. The number of thioether (sulfide) groups is 2. The van der Waals surface area contributed by atoms with E-state index in [-0.39, 0.29) is 16.5 Å². The second kappa shape index (κ2) is 7.14. The standard InChI is InChI=1S/C16H16N4O2S2/c1-2-23-15-10(12(17)21)11-13(18-15)19-16(20-14(11)22)24-8-9-6-4-3-5-7-9/h3-7H,2,8H2,1H3,(H2,17,21)(H2,18,19,20,22). The van der Waals surface area contributed by atoms with Crippen LogP contribution in [0.4, 0.5) is 0 Å². The Morgan fingerprint density at radius 1 is 1.21 bits per heavy atom. The van der Waals surface area contributed by atoms with Gasteiger partial charge in [0.15, 0.2) is 5.16 Å². The van der Waals surface area contributed by atoms with E-state index in [0.29, 0.717) is 21.6 Å². The predicted molar refractivity (Wildman–Crippen MR) is 97.6 cm³/mol. The summed E-state index contributed by atoms with van der Waals surface area (Å²) < 4.78 is 0. The highest BCUT2D eigenvalue weighted by molar-refractivity contribution is 7.99. The fraction of sp³-hybridized carbons (Fsp3) is 0.188. The van der Waals surface area contributed by atoms with Crippen LogP contribution in [0.25, 0.3) is 11.0 Å². The zero-order valence-electron chi connectivity index (χ0n) is 13.0. The maximum atomic E-state index is 12.4. The monoisotopic (exact) mass is 360 g/mol. The number of aromatic amines is 2. The number of carbonyl (C=O) groups excluding carboxylic acids is 1. The molecule has 2 heterocycles. The van der Waals surface area contributed by atoms with Gasteiger partial charge in [-0.05, 0) is 11.3 Å². The topological polar surface area (TPSA) is 105 Å². The Hall–Kier alpha value is -2.19. The van der Waals surface area contributed by atoms with E-state index in [1.54, 1.807) is 0 Å². The van der Waals surface area contributed by atoms with Gasteiger partial charge in [-0.3, -0.25) is 9.59 Å². The lowest BCUT2D eigenvalue weighted by molar-refractivity contribution is 0.0999. The number of nitrogens with two attached hydrogens (primary N) is 1. The summed E-state index contributed by atoms with van der Waals surface area (Å²) in [5.41, 5.74) is 6.82. The molecule has 6 nitrogen and oxygen atoms in total. The Bertz CT molecular complexity index is 934. The molecule has 0 radical (unpaired) electrons. The van der Waals surface area contributed by atoms with Gasteiger partial charge in [-0.15, -0.1) is 11.8 Å². The molecule has 1 aromatic carbocycles. The van der Waals surface area contributed by atoms with Crippen molar-refractivity contribution < 1.29 is 4.79 Å². The largest absolute Gasteiger partial charge is 0.365 e. The first kappa shape index (κ1) is 16.7. The van der Waals surface area contributed by atoms with Crippen LogP contribution in [0.1, 0.15) is 22.8 Å². The van der Waals surface area contributed by atoms with Gasteiger partial charge in [-0.25, -0.2) is 4.98 Å². The molecule has 0 saturated heterocycles. The van der Waals surface area contributed by atoms with Gasteiger partial charge in [0.2, 0.25) is 0 Å². The molecule has 0 fully saturated rings. The lowest BCUT2D eigenvalue weighted by Crippen LogP contribution is -2.16. The average Bonchev–Trinajstić information content (AvgIpc) is 2.93. The molecule has 0 aliphatic rings. The number of fused-ring (bicyclic) bond motifs is 1. The molecule has 0 bridgehead atoms. The van der Waals surface area contributed by atoms with E-state index in [0.717, 1.165) is 11.3 Å². The van der Waals surface area contributed by atoms with Crippen LogP contribution in [-0.4, -0.2) is 26.6 Å². The molecule has 2 aromatic heterocycles. The van der Waals surface area contributed by atoms with Crippen LogP contribution in [0.3, 0.4) is 0 Å². The van der Waals surface area contributed by atoms with Gasteiger partial charge in [-0.2, -0.15) is 0 Å². The van der Waals surface area contributed by atoms with Gasteiger partial charge < -0.3 is 15.7 Å². The minimum Gasteiger partial charge on any atom is -0.365 e. The van der Waals surface area contributed by atoms with Gasteiger partial charge in [0.1, 0.15) is 5.65 Å². The number of rotatable bonds is 6. The van der Waals surface area contributed by atoms with Crippen LogP contribution in [0.5, 0.6) is 0 Å². The first-order valence-electron chi connectivity index (χ1n) is 7.35. The highest BCUT2D eigenvalue weighted by atomic mass is 32.2. The van der Waals surface area contributed by atoms with E-state index >= 15 is 0 Å². The third-order valence-electron chi connectivity index (χ3n) is 3.36. The minimum absolute atomic E-state index is 0.213. The van der Waals surface area contributed by atoms with Crippen LogP contribution in [0, 0.1) is 0 Å². The summed E-state index contributed by atoms with van der Waals surface area (Å²) in [6.07, 6.45) is 0. The number of benzene rings is 1. The number of amides is 1. The number of hydrogen-bond donors (Lipinski definition) is 3. The molecule has 8 heteroatoms. The smallest absolute Gasteiger partial charge is 0.261 e. The molecule has 0 aliphatic carbocycles. The third kappa shape index (κ3) is 3.34. The molecule has 0 saturated carbocycles. The molecule has 3 aromatic rings. The Morgan fingerprint density at radius 3 is 2.62 bits per heavy atom. The first-order chi connectivity index (χ1) is 11.6. The summed E-state index contributed by atoms with van der Waals surface area (Å²) in [5, 5.41) is 1.31. The molecule has 0 unspecified atom stereocenters. The highest BCUT2D eigenvalue weighted by Crippen LogP contribution is 2.28. The van der Waals surface area contributed by atoms with Crippen molar-refractivity contribution >= 4 is 40.5 Å². The SMILES string of the molecule is CCSc1[nH]c2nc(SCc3ccccc3)[nH]c(=O)c2c1C(N)=O. The normalized spacial score (nSPS) is 11.0. The zero-order valence-corrected chi connectivity index (χ0v) is 14.6. The number of carbonyl (C=O) groups is 1. The molecule has 0 spiro atoms. The van der Waals surface area contributed by atoms with E-state index in [1.165, 1.54) is 23.5 Å². The van der Waals surface area contributed by atoms with Crippen molar-refractivity contribution in [2.45, 2.75) is 22.9 Å². The Morgan fingerprint density at radius 2 is 1.96 bits per heavy atom. The predicted octanol–water partition coefficient (Wildman–Crippen LogP) is 2.75. The fourth-order valence-electron chi connectivity index (χ4n) is 2.34. The Balaban J connectivity index is 1.98. The molecule has 1 amide bonds. The molecular weight excluding hydrogens is 344 g/mol. The summed E-state index contributed by atoms with van der Waals surface area (Å²) in [4.78, 5) is 34.3. The lowest BCUT2D eigenvalue weighted by Gasteiger charge is -2.01. The Kier molecular flexibility index (Phi) is 4.96. The number of nitrogens with zero attached hydrogens (tertiary/aromatic N) is 1. The number of hydrogen-bond acceptors (Lipinski definition) is 5. The van der Waals surface area contributed by atoms with Gasteiger partial charge in [0, 0.05) is 5.75 Å². The van der Waals surface area contributed by atoms with Crippen LogP contribution in [0.15, 0.2) is 45.3 Å². The number of H-pyrrole nitrogens is 2. The molecule has 0 aliphatic heterocycles. The quantitative estimate of drug-likeness (QED) is 0.463. The lowest BCUT2D eigenvalue weighted by atomic mass is 10.2.